The van der Waals surface area contributed by atoms with Crippen LogP contribution in [-0.4, -0.2) is 37.2 Å². The summed E-state index contributed by atoms with van der Waals surface area (Å²) in [4.78, 5) is 40.6. The molecule has 2 heterocycles. The first-order valence-electron chi connectivity index (χ1n) is 13.6. The summed E-state index contributed by atoms with van der Waals surface area (Å²) in [5, 5.41) is 6.06. The van der Waals surface area contributed by atoms with Crippen LogP contribution in [0.4, 0.5) is 23.2 Å². The normalized spacial score (nSPS) is 21.4. The SMILES string of the molecule is Cc1ccc(F)cc1C1NC(=O)CC(c2cc(Cl)ccc2OC(C)(C)C(=O)NS(=O)(=O)C(F)(F)F)C12C(=O)Nc1cc(Cl)ccc12. The van der Waals surface area contributed by atoms with E-state index < -0.39 is 62.0 Å². The summed E-state index contributed by atoms with van der Waals surface area (Å²) in [6, 6.07) is 11.4. The maximum atomic E-state index is 14.7. The molecule has 3 N–H and O–H groups in total. The van der Waals surface area contributed by atoms with Gasteiger partial charge in [-0.25, -0.2) is 9.11 Å². The highest BCUT2D eigenvalue weighted by molar-refractivity contribution is 7.90. The van der Waals surface area contributed by atoms with Crippen molar-refractivity contribution in [3.05, 3.63) is 92.7 Å². The topological polar surface area (TPSA) is 131 Å². The first kappa shape index (κ1) is 33.5. The number of aryl methyl sites for hydroxylation is 1. The van der Waals surface area contributed by atoms with Crippen molar-refractivity contribution < 1.29 is 45.1 Å². The number of carbonyl (C=O) groups is 3. The summed E-state index contributed by atoms with van der Waals surface area (Å²) in [5.41, 5.74) is -8.08. The lowest BCUT2D eigenvalue weighted by Crippen LogP contribution is -2.57. The number of hydrogen-bond acceptors (Lipinski definition) is 6. The van der Waals surface area contributed by atoms with E-state index in [2.05, 4.69) is 10.6 Å². The molecule has 3 aromatic carbocycles. The highest BCUT2D eigenvalue weighted by atomic mass is 35.5. The third kappa shape index (κ3) is 5.66. The maximum absolute atomic E-state index is 14.7. The predicted molar refractivity (Wildman–Crippen MR) is 160 cm³/mol. The maximum Gasteiger partial charge on any atom is 0.516 e. The molecule has 2 aliphatic heterocycles. The number of anilines is 1. The molecule has 9 nitrogen and oxygen atoms in total. The van der Waals surface area contributed by atoms with E-state index in [1.54, 1.807) is 13.0 Å². The van der Waals surface area contributed by atoms with Crippen molar-refractivity contribution in [1.29, 1.82) is 0 Å². The zero-order valence-electron chi connectivity index (χ0n) is 24.2. The molecule has 3 unspecified atom stereocenters. The number of hydrogen-bond donors (Lipinski definition) is 3. The number of sulfonamides is 1. The second-order valence-electron chi connectivity index (χ2n) is 11.4. The van der Waals surface area contributed by atoms with E-state index in [9.17, 15) is 40.4 Å². The van der Waals surface area contributed by atoms with Crippen molar-refractivity contribution in [2.24, 2.45) is 0 Å². The lowest BCUT2D eigenvalue weighted by Gasteiger charge is -2.47. The highest BCUT2D eigenvalue weighted by Gasteiger charge is 2.62. The molecular weight excluding hydrogens is 677 g/mol. The summed E-state index contributed by atoms with van der Waals surface area (Å²) < 4.78 is 83.9. The molecule has 3 amide bonds. The number of ether oxygens (including phenoxy) is 1. The molecule has 16 heteroatoms. The molecule has 1 spiro atoms. The van der Waals surface area contributed by atoms with Crippen LogP contribution in [0.1, 0.15) is 54.5 Å². The molecule has 244 valence electrons. The molecule has 1 fully saturated rings. The van der Waals surface area contributed by atoms with E-state index in [0.717, 1.165) is 18.6 Å². The molecule has 1 saturated heterocycles. The molecule has 46 heavy (non-hydrogen) atoms. The lowest BCUT2D eigenvalue weighted by atomic mass is 9.59. The zero-order chi connectivity index (χ0) is 34.0. The van der Waals surface area contributed by atoms with E-state index in [0.29, 0.717) is 21.8 Å². The van der Waals surface area contributed by atoms with E-state index in [1.807, 2.05) is 0 Å². The third-order valence-corrected chi connectivity index (χ3v) is 9.63. The predicted octanol–water partition coefficient (Wildman–Crippen LogP) is 5.80. The van der Waals surface area contributed by atoms with E-state index in [-0.39, 0.29) is 28.3 Å². The highest BCUT2D eigenvalue weighted by Crippen LogP contribution is 2.59. The van der Waals surface area contributed by atoms with Gasteiger partial charge in [0.05, 0.1) is 6.04 Å². The molecule has 2 aliphatic rings. The van der Waals surface area contributed by atoms with Gasteiger partial charge < -0.3 is 15.4 Å². The minimum absolute atomic E-state index is 0.0962. The number of rotatable bonds is 6. The second-order valence-corrected chi connectivity index (χ2v) is 14.0. The van der Waals surface area contributed by atoms with Crippen LogP contribution in [0.3, 0.4) is 0 Å². The van der Waals surface area contributed by atoms with Gasteiger partial charge in [-0.2, -0.15) is 21.6 Å². The number of benzene rings is 3. The number of amides is 3. The van der Waals surface area contributed by atoms with Crippen molar-refractivity contribution >= 4 is 56.6 Å². The summed E-state index contributed by atoms with van der Waals surface area (Å²) in [5.74, 6) is -4.73. The van der Waals surface area contributed by atoms with Crippen molar-refractivity contribution in [3.63, 3.8) is 0 Å². The zero-order valence-corrected chi connectivity index (χ0v) is 26.5. The van der Waals surface area contributed by atoms with Crippen LogP contribution in [0.2, 0.25) is 10.0 Å². The average Bonchev–Trinajstić information content (AvgIpc) is 3.22. The Kier molecular flexibility index (Phi) is 8.31. The lowest BCUT2D eigenvalue weighted by molar-refractivity contribution is -0.134. The number of piperidine rings is 1. The van der Waals surface area contributed by atoms with Crippen molar-refractivity contribution in [2.45, 2.75) is 55.7 Å². The molecular formula is C30H25Cl2F4N3O6S. The van der Waals surface area contributed by atoms with Crippen LogP contribution in [0.5, 0.6) is 5.75 Å². The quantitative estimate of drug-likeness (QED) is 0.279. The van der Waals surface area contributed by atoms with Crippen molar-refractivity contribution in [1.82, 2.24) is 10.0 Å². The van der Waals surface area contributed by atoms with Gasteiger partial charge in [0.15, 0.2) is 5.60 Å². The minimum atomic E-state index is -6.07. The number of alkyl halides is 3. The number of nitrogens with one attached hydrogen (secondary N) is 3. The average molecular weight is 703 g/mol. The molecule has 0 aromatic heterocycles. The van der Waals surface area contributed by atoms with Crippen LogP contribution in [0.15, 0.2) is 54.6 Å². The van der Waals surface area contributed by atoms with Gasteiger partial charge in [0, 0.05) is 33.6 Å². The Bertz CT molecular complexity index is 1900. The van der Waals surface area contributed by atoms with Gasteiger partial charge in [-0.15, -0.1) is 0 Å². The van der Waals surface area contributed by atoms with E-state index >= 15 is 0 Å². The van der Waals surface area contributed by atoms with Crippen LogP contribution < -0.4 is 20.1 Å². The first-order valence-corrected chi connectivity index (χ1v) is 15.8. The Labute approximate surface area is 270 Å². The smallest absolute Gasteiger partial charge is 0.478 e. The van der Waals surface area contributed by atoms with Gasteiger partial charge in [0.25, 0.3) is 5.91 Å². The molecule has 0 aliphatic carbocycles. The Morgan fingerprint density at radius 3 is 2.33 bits per heavy atom. The largest absolute Gasteiger partial charge is 0.516 e. The standard InChI is InChI=1S/C30H25Cl2F4N3O6S/c1-14-4-7-17(33)12-18(14)25-29(20-8-5-16(32)11-22(20)37-27(29)42)21(13-24(40)38-25)19-10-15(31)6-9-23(19)45-28(2,3)26(41)39-46(43,44)30(34,35)36/h4-12,21,25H,13H2,1-3H3,(H,37,42)(H,38,40)(H,39,41). The molecule has 0 radical (unpaired) electrons. The van der Waals surface area contributed by atoms with Gasteiger partial charge >= 0.3 is 15.5 Å². The van der Waals surface area contributed by atoms with Crippen molar-refractivity contribution in [2.75, 3.05) is 5.32 Å². The third-order valence-electron chi connectivity index (χ3n) is 8.09. The van der Waals surface area contributed by atoms with Gasteiger partial charge in [-0.3, -0.25) is 14.4 Å². The number of fused-ring (bicyclic) bond motifs is 2. The molecule has 0 saturated carbocycles. The molecule has 0 bridgehead atoms. The van der Waals surface area contributed by atoms with Crippen LogP contribution in [0, 0.1) is 12.7 Å². The summed E-state index contributed by atoms with van der Waals surface area (Å²) >= 11 is 12.6. The summed E-state index contributed by atoms with van der Waals surface area (Å²) in [6.45, 7) is 3.75. The van der Waals surface area contributed by atoms with Gasteiger partial charge in [0.2, 0.25) is 11.8 Å². The Morgan fingerprint density at radius 2 is 1.65 bits per heavy atom. The molecule has 3 atom stereocenters. The Morgan fingerprint density at radius 1 is 1.00 bits per heavy atom. The second kappa shape index (κ2) is 11.4. The fourth-order valence-corrected chi connectivity index (χ4v) is 6.91. The Hall–Kier alpha value is -3.88. The summed E-state index contributed by atoms with van der Waals surface area (Å²) in [7, 11) is -6.07. The van der Waals surface area contributed by atoms with Crippen molar-refractivity contribution in [3.8, 4) is 5.75 Å². The summed E-state index contributed by atoms with van der Waals surface area (Å²) in [6.07, 6.45) is -0.355. The number of carbonyl (C=O) groups excluding carboxylic acids is 3. The fraction of sp³-hybridized carbons (Fsp3) is 0.300. The monoisotopic (exact) mass is 701 g/mol. The van der Waals surface area contributed by atoms with E-state index in [1.165, 1.54) is 48.5 Å². The first-order chi connectivity index (χ1) is 21.3. The minimum Gasteiger partial charge on any atom is -0.478 e. The number of halogens is 6. The molecule has 3 aromatic rings. The molecule has 5 rings (SSSR count). The van der Waals surface area contributed by atoms with Crippen LogP contribution in [-0.2, 0) is 29.8 Å². The fourth-order valence-electron chi connectivity index (χ4n) is 5.95. The Balaban J connectivity index is 1.71. The van der Waals surface area contributed by atoms with Gasteiger partial charge in [-0.05, 0) is 79.9 Å². The van der Waals surface area contributed by atoms with Gasteiger partial charge in [0.1, 0.15) is 17.0 Å². The van der Waals surface area contributed by atoms with Gasteiger partial charge in [-0.1, -0.05) is 35.3 Å². The van der Waals surface area contributed by atoms with Crippen LogP contribution >= 0.6 is 23.2 Å². The van der Waals surface area contributed by atoms with E-state index in [4.69, 9.17) is 27.9 Å². The van der Waals surface area contributed by atoms with Crippen LogP contribution in [0.25, 0.3) is 0 Å².